The van der Waals surface area contributed by atoms with E-state index in [1.165, 1.54) is 32.1 Å². The zero-order chi connectivity index (χ0) is 48.1. The van der Waals surface area contributed by atoms with Gasteiger partial charge in [-0.15, -0.1) is 0 Å². The summed E-state index contributed by atoms with van der Waals surface area (Å²) in [5, 5.41) is 20.0. The van der Waals surface area contributed by atoms with Crippen molar-refractivity contribution in [2.24, 2.45) is 0 Å². The van der Waals surface area contributed by atoms with Crippen LogP contribution in [0.4, 0.5) is 0 Å². The third kappa shape index (κ3) is 46.9. The van der Waals surface area contributed by atoms with Crippen molar-refractivity contribution in [3.8, 4) is 0 Å². The number of carbonyl (C=O) groups excluding carboxylic acids is 2. The molecule has 0 bridgehead atoms. The van der Waals surface area contributed by atoms with Crippen LogP contribution in [0.1, 0.15) is 149 Å². The Hall–Kier alpha value is -3.41. The smallest absolute Gasteiger partial charge is 0.306 e. The topological polar surface area (TPSA) is 152 Å². The molecule has 2 N–H and O–H groups in total. The molecule has 0 saturated heterocycles. The summed E-state index contributed by atoms with van der Waals surface area (Å²) in [6.07, 6.45) is 51.9. The third-order valence-corrected chi connectivity index (χ3v) is 10.7. The number of rotatable bonds is 42. The molecule has 12 heteroatoms. The number of ether oxygens (including phenoxy) is 2. The predicted molar refractivity (Wildman–Crippen MR) is 266 cm³/mol. The molecule has 0 aliphatic heterocycles. The molecule has 65 heavy (non-hydrogen) atoms. The summed E-state index contributed by atoms with van der Waals surface area (Å²) < 4.78 is 33.8. The first-order chi connectivity index (χ1) is 31.3. The molecular weight excluding hydrogens is 842 g/mol. The molecule has 370 valence electrons. The SMILES string of the molecule is CC/C=C\C[C@@H](O)/C=C/C=C\C=C\[C@@H](O)C/C=C\C/C=C\CCC(=O)OC[C@H](COP(=O)([O-])OCC[N+](C)(C)C)OC(=O)CCCCCCCC/C=C\C/C=C\C/C=C\CCCCCC. The number of quaternary nitrogens is 1. The summed E-state index contributed by atoms with van der Waals surface area (Å²) in [5.74, 6) is -1.03. The van der Waals surface area contributed by atoms with Crippen LogP contribution in [-0.2, 0) is 32.7 Å². The highest BCUT2D eigenvalue weighted by molar-refractivity contribution is 7.45. The van der Waals surface area contributed by atoms with Crippen LogP contribution in [0, 0.1) is 0 Å². The molecular formula is C53H88NO10P. The minimum atomic E-state index is -4.68. The fourth-order valence-corrected chi connectivity index (χ4v) is 6.59. The Morgan fingerprint density at radius 1 is 0.585 bits per heavy atom. The van der Waals surface area contributed by atoms with Crippen molar-refractivity contribution in [1.29, 1.82) is 0 Å². The Labute approximate surface area is 394 Å². The highest BCUT2D eigenvalue weighted by Crippen LogP contribution is 2.38. The molecule has 0 amide bonds. The fourth-order valence-electron chi connectivity index (χ4n) is 5.86. The van der Waals surface area contributed by atoms with E-state index in [1.54, 1.807) is 36.5 Å². The Balaban J connectivity index is 4.57. The Morgan fingerprint density at radius 3 is 1.66 bits per heavy atom. The summed E-state index contributed by atoms with van der Waals surface area (Å²) in [6, 6.07) is 0. The minimum absolute atomic E-state index is 0.0696. The molecule has 0 saturated carbocycles. The molecule has 0 aromatic rings. The number of aliphatic hydroxyl groups is 2. The van der Waals surface area contributed by atoms with Crippen LogP contribution in [0.3, 0.4) is 0 Å². The zero-order valence-corrected chi connectivity index (χ0v) is 41.8. The van der Waals surface area contributed by atoms with Crippen LogP contribution in [0.5, 0.6) is 0 Å². The monoisotopic (exact) mass is 930 g/mol. The summed E-state index contributed by atoms with van der Waals surface area (Å²) in [4.78, 5) is 37.6. The Morgan fingerprint density at radius 2 is 1.09 bits per heavy atom. The van der Waals surface area contributed by atoms with E-state index in [-0.39, 0.29) is 26.1 Å². The van der Waals surface area contributed by atoms with Gasteiger partial charge in [0.2, 0.25) is 0 Å². The molecule has 0 spiro atoms. The quantitative estimate of drug-likeness (QED) is 0.0151. The molecule has 0 rings (SSSR count). The first-order valence-electron chi connectivity index (χ1n) is 24.3. The highest BCUT2D eigenvalue weighted by atomic mass is 31.2. The van der Waals surface area contributed by atoms with Crippen LogP contribution >= 0.6 is 7.82 Å². The van der Waals surface area contributed by atoms with Gasteiger partial charge in [-0.3, -0.25) is 14.2 Å². The van der Waals surface area contributed by atoms with Crippen molar-refractivity contribution in [2.75, 3.05) is 47.5 Å². The van der Waals surface area contributed by atoms with E-state index in [0.717, 1.165) is 57.8 Å². The van der Waals surface area contributed by atoms with Crippen molar-refractivity contribution in [1.82, 2.24) is 0 Å². The average molecular weight is 930 g/mol. The molecule has 0 fully saturated rings. The third-order valence-electron chi connectivity index (χ3n) is 9.71. The van der Waals surface area contributed by atoms with Crippen LogP contribution < -0.4 is 4.89 Å². The van der Waals surface area contributed by atoms with Crippen LogP contribution in [0.2, 0.25) is 0 Å². The van der Waals surface area contributed by atoms with E-state index < -0.39 is 44.7 Å². The predicted octanol–water partition coefficient (Wildman–Crippen LogP) is 11.6. The summed E-state index contributed by atoms with van der Waals surface area (Å²) >= 11 is 0. The van der Waals surface area contributed by atoms with Gasteiger partial charge in [0.15, 0.2) is 6.10 Å². The molecule has 4 atom stereocenters. The van der Waals surface area contributed by atoms with E-state index >= 15 is 0 Å². The first-order valence-corrected chi connectivity index (χ1v) is 25.8. The van der Waals surface area contributed by atoms with E-state index in [0.29, 0.717) is 43.1 Å². The van der Waals surface area contributed by atoms with Gasteiger partial charge in [0.1, 0.15) is 19.8 Å². The summed E-state index contributed by atoms with van der Waals surface area (Å²) in [6.45, 7) is 3.78. The highest BCUT2D eigenvalue weighted by Gasteiger charge is 2.21. The Bertz CT molecular complexity index is 1500. The number of esters is 2. The maximum Gasteiger partial charge on any atom is 0.306 e. The zero-order valence-electron chi connectivity index (χ0n) is 40.9. The number of phosphoric ester groups is 1. The van der Waals surface area contributed by atoms with Crippen molar-refractivity contribution in [3.05, 3.63) is 109 Å². The van der Waals surface area contributed by atoms with Crippen LogP contribution in [0.25, 0.3) is 0 Å². The average Bonchev–Trinajstić information content (AvgIpc) is 3.25. The number of hydrogen-bond donors (Lipinski definition) is 2. The lowest BCUT2D eigenvalue weighted by Crippen LogP contribution is -2.37. The van der Waals surface area contributed by atoms with Gasteiger partial charge >= 0.3 is 11.9 Å². The molecule has 0 aliphatic rings. The second kappa shape index (κ2) is 43.2. The number of hydrogen-bond acceptors (Lipinski definition) is 10. The van der Waals surface area contributed by atoms with Crippen molar-refractivity contribution < 1.29 is 52.3 Å². The lowest BCUT2D eigenvalue weighted by atomic mass is 10.1. The number of phosphoric acid groups is 1. The normalized spacial score (nSPS) is 15.4. The number of allylic oxidation sites excluding steroid dienone is 14. The minimum Gasteiger partial charge on any atom is -0.756 e. The molecule has 0 aliphatic carbocycles. The van der Waals surface area contributed by atoms with E-state index in [4.69, 9.17) is 18.5 Å². The van der Waals surface area contributed by atoms with Gasteiger partial charge in [0, 0.05) is 12.8 Å². The van der Waals surface area contributed by atoms with Crippen LogP contribution in [0.15, 0.2) is 109 Å². The lowest BCUT2D eigenvalue weighted by molar-refractivity contribution is -0.870. The second-order valence-electron chi connectivity index (χ2n) is 17.1. The van der Waals surface area contributed by atoms with Gasteiger partial charge in [0.25, 0.3) is 7.82 Å². The summed E-state index contributed by atoms with van der Waals surface area (Å²) in [5.41, 5.74) is 0. The van der Waals surface area contributed by atoms with Gasteiger partial charge in [-0.1, -0.05) is 168 Å². The van der Waals surface area contributed by atoms with Gasteiger partial charge in [0.05, 0.1) is 40.0 Å². The molecule has 1 unspecified atom stereocenters. The molecule has 0 heterocycles. The van der Waals surface area contributed by atoms with Gasteiger partial charge in [-0.2, -0.15) is 0 Å². The standard InChI is InChI=1S/C53H88NO10P/c1-6-8-10-11-12-13-14-15-16-17-18-19-20-21-22-23-24-25-30-38-44-53(58)64-51(48-63-65(59,60)62-46-45-54(3,4)5)47-61-52(57)43-37-29-27-26-28-34-40-50(56)42-36-32-31-35-41-49(55)39-33-9-7-2/h9,13-14,16-17,19-20,27-29,31-36,41-42,49-51,55-56H,6-8,10-12,15,18,21-26,30,37-40,43-48H2,1-5H3/b14-13-,17-16-,20-19-,29-27-,32-31-,33-9-,34-28-,41-35+,42-36+/t49-,50+,51-/m1/s1. The number of carbonyl (C=O) groups is 2. The maximum atomic E-state index is 12.7. The first kappa shape index (κ1) is 61.6. The van der Waals surface area contributed by atoms with Crippen molar-refractivity contribution in [2.45, 2.75) is 167 Å². The van der Waals surface area contributed by atoms with Crippen LogP contribution in [-0.4, -0.2) is 92.5 Å². The number of aliphatic hydroxyl groups excluding tert-OH is 2. The molecule has 0 aromatic heterocycles. The van der Waals surface area contributed by atoms with Gasteiger partial charge < -0.3 is 38.1 Å². The molecule has 0 radical (unpaired) electrons. The number of likely N-dealkylation sites (N-methyl/N-ethyl adjacent to an activating group) is 1. The fraction of sp³-hybridized carbons (Fsp3) is 0.623. The molecule has 0 aromatic carbocycles. The largest absolute Gasteiger partial charge is 0.756 e. The maximum absolute atomic E-state index is 12.7. The Kier molecular flexibility index (Phi) is 40.9. The van der Waals surface area contributed by atoms with E-state index in [2.05, 4.69) is 43.4 Å². The van der Waals surface area contributed by atoms with Crippen molar-refractivity contribution >= 4 is 19.8 Å². The van der Waals surface area contributed by atoms with Crippen molar-refractivity contribution in [3.63, 3.8) is 0 Å². The second-order valence-corrected chi connectivity index (χ2v) is 18.5. The lowest BCUT2D eigenvalue weighted by Gasteiger charge is -2.28. The summed E-state index contributed by atoms with van der Waals surface area (Å²) in [7, 11) is 1.03. The number of unbranched alkanes of at least 4 members (excludes halogenated alkanes) is 10. The van der Waals surface area contributed by atoms with Gasteiger partial charge in [-0.05, 0) is 77.0 Å². The van der Waals surface area contributed by atoms with E-state index in [9.17, 15) is 29.3 Å². The van der Waals surface area contributed by atoms with E-state index in [1.807, 2.05) is 64.5 Å². The van der Waals surface area contributed by atoms with Gasteiger partial charge in [-0.25, -0.2) is 0 Å². The number of nitrogens with zero attached hydrogens (tertiary/aromatic N) is 1. The molecule has 11 nitrogen and oxygen atoms in total.